The molecular formula is C22H23N9O4. The lowest BCUT2D eigenvalue weighted by molar-refractivity contribution is 0.0948. The number of nitrogens with zero attached hydrogens (tertiary/aromatic N) is 7. The zero-order valence-electron chi connectivity index (χ0n) is 19.2. The molecule has 0 aliphatic carbocycles. The highest BCUT2D eigenvalue weighted by Crippen LogP contribution is 2.26. The Balaban J connectivity index is 1.63. The Morgan fingerprint density at radius 1 is 1.26 bits per heavy atom. The van der Waals surface area contributed by atoms with Gasteiger partial charge in [0.15, 0.2) is 17.2 Å². The molecule has 2 heterocycles. The molecule has 0 aliphatic rings. The summed E-state index contributed by atoms with van der Waals surface area (Å²) in [6.07, 6.45) is 0. The molecule has 0 fully saturated rings. The van der Waals surface area contributed by atoms with Crippen LogP contribution in [-0.4, -0.2) is 56.2 Å². The van der Waals surface area contributed by atoms with Gasteiger partial charge in [-0.3, -0.25) is 4.79 Å². The normalized spacial score (nSPS) is 11.3. The predicted molar refractivity (Wildman–Crippen MR) is 127 cm³/mol. The van der Waals surface area contributed by atoms with E-state index in [1.54, 1.807) is 19.1 Å². The van der Waals surface area contributed by atoms with Gasteiger partial charge in [0.25, 0.3) is 5.91 Å². The first-order valence-corrected chi connectivity index (χ1v) is 10.4. The van der Waals surface area contributed by atoms with E-state index in [2.05, 4.69) is 31.2 Å². The Labute approximate surface area is 199 Å². The Kier molecular flexibility index (Phi) is 6.57. The molecule has 2 aromatic carbocycles. The number of nitrogens with two attached hydrogens (primary N) is 1. The molecule has 0 aliphatic heterocycles. The van der Waals surface area contributed by atoms with E-state index in [0.29, 0.717) is 17.0 Å². The van der Waals surface area contributed by atoms with Crippen LogP contribution in [0.1, 0.15) is 28.7 Å². The lowest BCUT2D eigenvalue weighted by Gasteiger charge is -2.19. The molecule has 13 nitrogen and oxygen atoms in total. The number of anilines is 2. The van der Waals surface area contributed by atoms with Crippen molar-refractivity contribution in [3.05, 3.63) is 65.5 Å². The molecule has 0 bridgehead atoms. The fraction of sp³-hybridized carbons (Fsp3) is 0.182. The van der Waals surface area contributed by atoms with Gasteiger partial charge in [0.1, 0.15) is 0 Å². The summed E-state index contributed by atoms with van der Waals surface area (Å²) < 4.78 is 11.1. The number of benzene rings is 2. The number of nitrogen functional groups attached to an aromatic ring is 1. The van der Waals surface area contributed by atoms with Crippen molar-refractivity contribution < 1.29 is 19.3 Å². The molecule has 0 unspecified atom stereocenters. The number of phenolic OH excluding ortho intramolecular Hbond substituents is 1. The highest BCUT2D eigenvalue weighted by molar-refractivity contribution is 6.01. The zero-order valence-corrected chi connectivity index (χ0v) is 19.2. The molecular weight excluding hydrogens is 454 g/mol. The number of aromatic hydroxyl groups is 1. The number of hydrazone groups is 1. The van der Waals surface area contributed by atoms with Crippen molar-refractivity contribution >= 4 is 23.1 Å². The van der Waals surface area contributed by atoms with E-state index < -0.39 is 5.91 Å². The minimum absolute atomic E-state index is 0.000570. The number of methoxy groups -OCH3 is 1. The molecule has 2 aromatic heterocycles. The van der Waals surface area contributed by atoms with Crippen molar-refractivity contribution in [3.63, 3.8) is 0 Å². The number of aromatic nitrogens is 5. The number of amides is 1. The van der Waals surface area contributed by atoms with Crippen LogP contribution in [0.4, 0.5) is 11.5 Å². The summed E-state index contributed by atoms with van der Waals surface area (Å²) in [5, 5.41) is 29.4. The molecule has 180 valence electrons. The number of para-hydroxylation sites is 1. The van der Waals surface area contributed by atoms with Crippen LogP contribution in [0.3, 0.4) is 0 Å². The van der Waals surface area contributed by atoms with E-state index >= 15 is 0 Å². The molecule has 4 N–H and O–H groups in total. The summed E-state index contributed by atoms with van der Waals surface area (Å²) in [6.45, 7) is 1.94. The third kappa shape index (κ3) is 4.88. The standard InChI is InChI=1S/C22H23N9O4/c1-13(14-9-10-17(32)18(11-14)34-3)24-26-22(33)19-16(12-30(2)15-7-5-4-6-8-15)31(29-25-19)21-20(23)27-35-28-21/h4-11,32H,12H2,1-3H3,(H2,23,27)(H,26,33)/b24-13+. The van der Waals surface area contributed by atoms with Crippen molar-refractivity contribution in [2.45, 2.75) is 13.5 Å². The predicted octanol–water partition coefficient (Wildman–Crippen LogP) is 1.74. The van der Waals surface area contributed by atoms with Crippen LogP contribution in [-0.2, 0) is 6.54 Å². The smallest absolute Gasteiger partial charge is 0.293 e. The zero-order chi connectivity index (χ0) is 24.9. The minimum atomic E-state index is -0.590. The van der Waals surface area contributed by atoms with E-state index in [1.807, 2.05) is 42.3 Å². The summed E-state index contributed by atoms with van der Waals surface area (Å²) in [7, 11) is 3.31. The number of carbonyl (C=O) groups is 1. The van der Waals surface area contributed by atoms with Gasteiger partial charge in [-0.25, -0.2) is 10.1 Å². The number of ether oxygens (including phenoxy) is 1. The van der Waals surface area contributed by atoms with Crippen molar-refractivity contribution in [1.29, 1.82) is 0 Å². The first-order valence-electron chi connectivity index (χ1n) is 10.4. The van der Waals surface area contributed by atoms with Gasteiger partial charge in [0.05, 0.1) is 25.1 Å². The van der Waals surface area contributed by atoms with E-state index in [1.165, 1.54) is 17.9 Å². The molecule has 13 heteroatoms. The van der Waals surface area contributed by atoms with Crippen molar-refractivity contribution in [3.8, 4) is 17.3 Å². The molecule has 0 radical (unpaired) electrons. The quantitative estimate of drug-likeness (QED) is 0.251. The van der Waals surface area contributed by atoms with Crippen LogP contribution in [0, 0.1) is 0 Å². The minimum Gasteiger partial charge on any atom is -0.504 e. The van der Waals surface area contributed by atoms with E-state index in [0.717, 1.165) is 5.69 Å². The summed E-state index contributed by atoms with van der Waals surface area (Å²) in [4.78, 5) is 15.0. The van der Waals surface area contributed by atoms with Gasteiger partial charge >= 0.3 is 0 Å². The number of rotatable bonds is 8. The van der Waals surface area contributed by atoms with Gasteiger partial charge in [0.2, 0.25) is 11.6 Å². The molecule has 4 rings (SSSR count). The van der Waals surface area contributed by atoms with Gasteiger partial charge in [-0.1, -0.05) is 23.4 Å². The van der Waals surface area contributed by atoms with Crippen molar-refractivity contribution in [2.24, 2.45) is 5.10 Å². The van der Waals surface area contributed by atoms with Crippen LogP contribution in [0.15, 0.2) is 58.3 Å². The average Bonchev–Trinajstić information content (AvgIpc) is 3.48. The molecule has 4 aromatic rings. The summed E-state index contributed by atoms with van der Waals surface area (Å²) in [5.74, 6) is -0.188. The van der Waals surface area contributed by atoms with Crippen molar-refractivity contribution in [2.75, 3.05) is 24.8 Å². The number of nitrogens with one attached hydrogen (secondary N) is 1. The molecule has 1 amide bonds. The van der Waals surface area contributed by atoms with Gasteiger partial charge < -0.3 is 20.5 Å². The summed E-state index contributed by atoms with van der Waals surface area (Å²) >= 11 is 0. The summed E-state index contributed by atoms with van der Waals surface area (Å²) in [5.41, 5.74) is 10.8. The number of phenols is 1. The van der Waals surface area contributed by atoms with Gasteiger partial charge in [0, 0.05) is 18.3 Å². The second-order valence-electron chi connectivity index (χ2n) is 7.49. The Morgan fingerprint density at radius 3 is 2.71 bits per heavy atom. The Hall–Kier alpha value is -4.94. The highest BCUT2D eigenvalue weighted by Gasteiger charge is 2.25. The average molecular weight is 477 g/mol. The van der Waals surface area contributed by atoms with E-state index in [-0.39, 0.29) is 35.4 Å². The molecule has 0 saturated carbocycles. The van der Waals surface area contributed by atoms with Crippen LogP contribution in [0.5, 0.6) is 11.5 Å². The van der Waals surface area contributed by atoms with Gasteiger partial charge in [-0.15, -0.1) is 5.10 Å². The second-order valence-corrected chi connectivity index (χ2v) is 7.49. The lowest BCUT2D eigenvalue weighted by atomic mass is 10.1. The monoisotopic (exact) mass is 477 g/mol. The van der Waals surface area contributed by atoms with Gasteiger partial charge in [-0.2, -0.15) is 9.78 Å². The topological polar surface area (TPSA) is 170 Å². The Bertz CT molecular complexity index is 1360. The highest BCUT2D eigenvalue weighted by atomic mass is 16.6. The van der Waals surface area contributed by atoms with Gasteiger partial charge in [-0.05, 0) is 47.6 Å². The molecule has 0 atom stereocenters. The third-order valence-corrected chi connectivity index (χ3v) is 5.18. The Morgan fingerprint density at radius 2 is 2.03 bits per heavy atom. The van der Waals surface area contributed by atoms with Crippen LogP contribution < -0.4 is 20.8 Å². The molecule has 0 saturated heterocycles. The SMILES string of the molecule is COc1cc(/C(C)=N/NC(=O)c2nnn(-c3nonc3N)c2CN(C)c2ccccc2)ccc1O. The van der Waals surface area contributed by atoms with E-state index in [4.69, 9.17) is 15.1 Å². The van der Waals surface area contributed by atoms with Crippen molar-refractivity contribution in [1.82, 2.24) is 30.7 Å². The van der Waals surface area contributed by atoms with Crippen LogP contribution in [0.2, 0.25) is 0 Å². The van der Waals surface area contributed by atoms with Crippen LogP contribution >= 0.6 is 0 Å². The fourth-order valence-electron chi connectivity index (χ4n) is 3.28. The van der Waals surface area contributed by atoms with Crippen LogP contribution in [0.25, 0.3) is 5.82 Å². The molecule has 35 heavy (non-hydrogen) atoms. The number of hydrogen-bond donors (Lipinski definition) is 3. The van der Waals surface area contributed by atoms with E-state index in [9.17, 15) is 9.90 Å². The maximum Gasteiger partial charge on any atom is 0.293 e. The second kappa shape index (κ2) is 9.91. The maximum absolute atomic E-state index is 13.1. The summed E-state index contributed by atoms with van der Waals surface area (Å²) in [6, 6.07) is 14.3. The largest absolute Gasteiger partial charge is 0.504 e. The fourth-order valence-corrected chi connectivity index (χ4v) is 3.28. The number of carbonyl (C=O) groups excluding carboxylic acids is 1. The first-order chi connectivity index (χ1) is 16.9. The first kappa shape index (κ1) is 23.2. The number of hydrogen-bond acceptors (Lipinski definition) is 11. The lowest BCUT2D eigenvalue weighted by Crippen LogP contribution is -2.25. The maximum atomic E-state index is 13.1. The molecule has 0 spiro atoms. The third-order valence-electron chi connectivity index (χ3n) is 5.18.